The number of rotatable bonds is 12. The molecule has 2 N–H and O–H groups in total. The Bertz CT molecular complexity index is 967. The summed E-state index contributed by atoms with van der Waals surface area (Å²) >= 11 is 0. The summed E-state index contributed by atoms with van der Waals surface area (Å²) in [7, 11) is 7.97. The van der Waals surface area contributed by atoms with Crippen molar-refractivity contribution in [2.45, 2.75) is 19.3 Å². The number of nitrogens with one attached hydrogen (secondary N) is 2. The second-order valence-corrected chi connectivity index (χ2v) is 8.17. The minimum absolute atomic E-state index is 0.201. The predicted molar refractivity (Wildman–Crippen MR) is 147 cm³/mol. The van der Waals surface area contributed by atoms with Gasteiger partial charge in [-0.2, -0.15) is 10.2 Å². The molecule has 0 saturated heterocycles. The molecule has 2 rings (SSSR count). The predicted octanol–water partition coefficient (Wildman–Crippen LogP) is 3.92. The van der Waals surface area contributed by atoms with Gasteiger partial charge in [0.25, 0.3) is 0 Å². The Hall–Kier alpha value is -4.20. The van der Waals surface area contributed by atoms with E-state index in [1.165, 1.54) is 12.4 Å². The average molecular weight is 475 g/mol. The van der Waals surface area contributed by atoms with E-state index in [1.807, 2.05) is 98.7 Å². The molecule has 0 unspecified atom stereocenters. The van der Waals surface area contributed by atoms with Crippen molar-refractivity contribution in [1.29, 1.82) is 0 Å². The summed E-state index contributed by atoms with van der Waals surface area (Å²) in [5.74, 6) is -0.492. The van der Waals surface area contributed by atoms with E-state index in [0.29, 0.717) is 6.42 Å². The van der Waals surface area contributed by atoms with Crippen LogP contribution in [0, 0.1) is 0 Å². The van der Waals surface area contributed by atoms with E-state index in [9.17, 15) is 9.59 Å². The van der Waals surface area contributed by atoms with Crippen LogP contribution in [0.3, 0.4) is 0 Å². The van der Waals surface area contributed by atoms with Gasteiger partial charge in [-0.15, -0.1) is 0 Å². The molecule has 0 aliphatic heterocycles. The highest BCUT2D eigenvalue weighted by Gasteiger charge is 2.03. The molecule has 0 saturated carbocycles. The Kier molecular flexibility index (Phi) is 11.5. The maximum atomic E-state index is 11.8. The number of hydrogen-bond acceptors (Lipinski definition) is 6. The molecule has 8 heteroatoms. The largest absolute Gasteiger partial charge is 0.378 e. The van der Waals surface area contributed by atoms with E-state index < -0.39 is 0 Å². The number of carbonyl (C=O) groups is 2. The third kappa shape index (κ3) is 11.0. The number of amides is 2. The minimum atomic E-state index is -0.246. The fourth-order valence-electron chi connectivity index (χ4n) is 2.90. The zero-order valence-electron chi connectivity index (χ0n) is 20.8. The number of hydrazone groups is 2. The summed E-state index contributed by atoms with van der Waals surface area (Å²) in [5.41, 5.74) is 9.23. The SMILES string of the molecule is CN(C)c1ccc(/C=C\C=N\NC(=O)CCCC(=O)N/N=C/C=C/c2ccc(N(C)C)cc2)cc1. The van der Waals surface area contributed by atoms with Gasteiger partial charge >= 0.3 is 0 Å². The molecule has 0 heterocycles. The van der Waals surface area contributed by atoms with Gasteiger partial charge in [-0.25, -0.2) is 10.9 Å². The van der Waals surface area contributed by atoms with Crippen molar-refractivity contribution in [3.8, 4) is 0 Å². The number of carbonyl (C=O) groups excluding carboxylic acids is 2. The molecule has 2 amide bonds. The molecule has 0 aromatic heterocycles. The molecule has 0 aliphatic carbocycles. The Balaban J connectivity index is 1.59. The van der Waals surface area contributed by atoms with E-state index in [0.717, 1.165) is 22.5 Å². The van der Waals surface area contributed by atoms with Crippen LogP contribution in [0.15, 0.2) is 70.9 Å². The first-order valence-electron chi connectivity index (χ1n) is 11.4. The van der Waals surface area contributed by atoms with Gasteiger partial charge in [-0.3, -0.25) is 9.59 Å². The Labute approximate surface area is 207 Å². The average Bonchev–Trinajstić information content (AvgIpc) is 2.84. The van der Waals surface area contributed by atoms with Gasteiger partial charge in [0.1, 0.15) is 0 Å². The molecule has 2 aromatic rings. The molecule has 35 heavy (non-hydrogen) atoms. The van der Waals surface area contributed by atoms with Crippen molar-refractivity contribution < 1.29 is 9.59 Å². The van der Waals surface area contributed by atoms with Gasteiger partial charge < -0.3 is 9.80 Å². The molecule has 0 aliphatic rings. The van der Waals surface area contributed by atoms with Crippen LogP contribution in [0.1, 0.15) is 30.4 Å². The molecule has 184 valence electrons. The standard InChI is InChI=1S/C27H34N6O2/c1-32(2)24-16-12-22(13-17-24)8-6-20-28-30-26(34)10-5-11-27(35)31-29-21-7-9-23-14-18-25(19-15-23)33(3)4/h6-9,12-21H,5,10-11H2,1-4H3,(H,30,34)(H,31,35)/b8-6-,9-7+,28-20+,29-21+. The summed E-state index contributed by atoms with van der Waals surface area (Å²) in [6, 6.07) is 16.2. The lowest BCUT2D eigenvalue weighted by Gasteiger charge is -2.11. The van der Waals surface area contributed by atoms with Crippen LogP contribution in [-0.2, 0) is 9.59 Å². The van der Waals surface area contributed by atoms with Gasteiger partial charge in [0.05, 0.1) is 0 Å². The van der Waals surface area contributed by atoms with Crippen LogP contribution >= 0.6 is 0 Å². The monoisotopic (exact) mass is 474 g/mol. The topological polar surface area (TPSA) is 89.4 Å². The summed E-state index contributed by atoms with van der Waals surface area (Å²) < 4.78 is 0. The van der Waals surface area contributed by atoms with Crippen molar-refractivity contribution in [1.82, 2.24) is 10.9 Å². The lowest BCUT2D eigenvalue weighted by molar-refractivity contribution is -0.122. The normalized spacial score (nSPS) is 11.5. The molecule has 0 atom stereocenters. The first kappa shape index (κ1) is 27.0. The Morgan fingerprint density at radius 2 is 1.06 bits per heavy atom. The molecule has 0 bridgehead atoms. The number of nitrogens with zero attached hydrogens (tertiary/aromatic N) is 4. The van der Waals surface area contributed by atoms with Gasteiger partial charge in [-0.05, 0) is 54.0 Å². The Morgan fingerprint density at radius 1 is 0.686 bits per heavy atom. The lowest BCUT2D eigenvalue weighted by atomic mass is 10.2. The summed E-state index contributed by atoms with van der Waals surface area (Å²) in [6.45, 7) is 0. The molecular weight excluding hydrogens is 440 g/mol. The van der Waals surface area contributed by atoms with Crippen molar-refractivity contribution in [3.05, 3.63) is 71.8 Å². The number of allylic oxidation sites excluding steroid dienone is 2. The maximum absolute atomic E-state index is 11.8. The molecule has 8 nitrogen and oxygen atoms in total. The minimum Gasteiger partial charge on any atom is -0.378 e. The fourth-order valence-corrected chi connectivity index (χ4v) is 2.90. The maximum Gasteiger partial charge on any atom is 0.240 e. The lowest BCUT2D eigenvalue weighted by Crippen LogP contribution is -2.20. The summed E-state index contributed by atoms with van der Waals surface area (Å²) in [6.07, 6.45) is 11.1. The molecule has 2 aromatic carbocycles. The first-order valence-corrected chi connectivity index (χ1v) is 11.4. The van der Waals surface area contributed by atoms with Crippen molar-refractivity contribution in [2.24, 2.45) is 10.2 Å². The van der Waals surface area contributed by atoms with Gasteiger partial charge in [-0.1, -0.05) is 36.4 Å². The van der Waals surface area contributed by atoms with E-state index in [-0.39, 0.29) is 24.7 Å². The fraction of sp³-hybridized carbons (Fsp3) is 0.259. The van der Waals surface area contributed by atoms with Crippen molar-refractivity contribution in [3.63, 3.8) is 0 Å². The zero-order valence-corrected chi connectivity index (χ0v) is 20.8. The van der Waals surface area contributed by atoms with E-state index >= 15 is 0 Å². The molecule has 0 spiro atoms. The third-order valence-corrected chi connectivity index (χ3v) is 4.90. The van der Waals surface area contributed by atoms with E-state index in [1.54, 1.807) is 12.2 Å². The van der Waals surface area contributed by atoms with E-state index in [2.05, 4.69) is 21.1 Å². The van der Waals surface area contributed by atoms with Gasteiger partial charge in [0, 0.05) is 64.8 Å². The van der Waals surface area contributed by atoms with Gasteiger partial charge in [0.2, 0.25) is 11.8 Å². The third-order valence-electron chi connectivity index (χ3n) is 4.90. The summed E-state index contributed by atoms with van der Waals surface area (Å²) in [4.78, 5) is 27.7. The molecular formula is C27H34N6O2. The second-order valence-electron chi connectivity index (χ2n) is 8.17. The van der Waals surface area contributed by atoms with Crippen LogP contribution in [0.25, 0.3) is 12.2 Å². The highest BCUT2D eigenvalue weighted by atomic mass is 16.2. The zero-order chi connectivity index (χ0) is 25.5. The summed E-state index contributed by atoms with van der Waals surface area (Å²) in [5, 5.41) is 7.77. The molecule has 0 fully saturated rings. The van der Waals surface area contributed by atoms with Crippen molar-refractivity contribution in [2.75, 3.05) is 38.0 Å². The van der Waals surface area contributed by atoms with Crippen molar-refractivity contribution >= 4 is 47.8 Å². The highest BCUT2D eigenvalue weighted by Crippen LogP contribution is 2.13. The van der Waals surface area contributed by atoms with Crippen LogP contribution in [0.2, 0.25) is 0 Å². The number of benzene rings is 2. The van der Waals surface area contributed by atoms with E-state index in [4.69, 9.17) is 0 Å². The van der Waals surface area contributed by atoms with Crippen LogP contribution in [0.4, 0.5) is 11.4 Å². The molecule has 0 radical (unpaired) electrons. The number of anilines is 2. The van der Waals surface area contributed by atoms with Crippen LogP contribution in [0.5, 0.6) is 0 Å². The Morgan fingerprint density at radius 3 is 1.40 bits per heavy atom. The quantitative estimate of drug-likeness (QED) is 0.360. The second kappa shape index (κ2) is 14.8. The first-order chi connectivity index (χ1) is 16.8. The van der Waals surface area contributed by atoms with Crippen LogP contribution < -0.4 is 20.7 Å². The van der Waals surface area contributed by atoms with Gasteiger partial charge in [0.15, 0.2) is 0 Å². The smallest absolute Gasteiger partial charge is 0.240 e. The van der Waals surface area contributed by atoms with Crippen LogP contribution in [-0.4, -0.2) is 52.4 Å². The highest BCUT2D eigenvalue weighted by molar-refractivity contribution is 5.83. The number of hydrogen-bond donors (Lipinski definition) is 2.